The van der Waals surface area contributed by atoms with Crippen LogP contribution in [0.2, 0.25) is 0 Å². The largest absolute Gasteiger partial charge is 0.441 e. The number of nitrogens with one attached hydrogen (secondary N) is 1. The molecule has 1 aliphatic carbocycles. The van der Waals surface area contributed by atoms with Crippen LogP contribution in [0.25, 0.3) is 0 Å². The SMILES string of the molecule is FC(F)(F)SCCNC1CCC2(CC1)OCCO2. The summed E-state index contributed by atoms with van der Waals surface area (Å²) in [5.41, 5.74) is -4.12. The summed E-state index contributed by atoms with van der Waals surface area (Å²) in [5.74, 6) is -0.322. The van der Waals surface area contributed by atoms with Crippen LogP contribution in [-0.2, 0) is 9.47 Å². The molecule has 3 nitrogen and oxygen atoms in total. The van der Waals surface area contributed by atoms with Crippen molar-refractivity contribution in [2.45, 2.75) is 43.0 Å². The molecule has 0 radical (unpaired) electrons. The van der Waals surface area contributed by atoms with Gasteiger partial charge in [0, 0.05) is 31.2 Å². The Labute approximate surface area is 109 Å². The first-order chi connectivity index (χ1) is 8.49. The molecule has 0 bridgehead atoms. The fourth-order valence-corrected chi connectivity index (χ4v) is 2.93. The molecular formula is C11H18F3NO2S. The van der Waals surface area contributed by atoms with Crippen LogP contribution in [0.4, 0.5) is 13.2 Å². The number of ether oxygens (including phenoxy) is 2. The molecule has 1 spiro atoms. The topological polar surface area (TPSA) is 30.5 Å². The van der Waals surface area contributed by atoms with Gasteiger partial charge in [0.2, 0.25) is 0 Å². The fourth-order valence-electron chi connectivity index (χ4n) is 2.48. The van der Waals surface area contributed by atoms with Gasteiger partial charge in [-0.2, -0.15) is 13.2 Å². The van der Waals surface area contributed by atoms with E-state index in [2.05, 4.69) is 5.32 Å². The van der Waals surface area contributed by atoms with Crippen LogP contribution in [-0.4, -0.2) is 42.8 Å². The second-order valence-electron chi connectivity index (χ2n) is 4.63. The van der Waals surface area contributed by atoms with E-state index in [1.165, 1.54) is 0 Å². The molecule has 2 rings (SSSR count). The normalized spacial score (nSPS) is 24.8. The Bertz CT molecular complexity index is 260. The zero-order chi connectivity index (χ0) is 13.1. The average molecular weight is 285 g/mol. The van der Waals surface area contributed by atoms with E-state index in [9.17, 15) is 13.2 Å². The van der Waals surface area contributed by atoms with Crippen LogP contribution in [0, 0.1) is 0 Å². The van der Waals surface area contributed by atoms with E-state index in [0.717, 1.165) is 25.7 Å². The van der Waals surface area contributed by atoms with Gasteiger partial charge < -0.3 is 14.8 Å². The first-order valence-electron chi connectivity index (χ1n) is 6.21. The van der Waals surface area contributed by atoms with Gasteiger partial charge >= 0.3 is 5.51 Å². The van der Waals surface area contributed by atoms with Crippen molar-refractivity contribution in [1.82, 2.24) is 5.32 Å². The van der Waals surface area contributed by atoms with Gasteiger partial charge in [0.15, 0.2) is 5.79 Å². The second kappa shape index (κ2) is 5.98. The Hall–Kier alpha value is 0.0200. The van der Waals surface area contributed by atoms with E-state index < -0.39 is 5.51 Å². The van der Waals surface area contributed by atoms with Gasteiger partial charge in [0.25, 0.3) is 0 Å². The smallest absolute Gasteiger partial charge is 0.348 e. The van der Waals surface area contributed by atoms with Gasteiger partial charge in [-0.25, -0.2) is 0 Å². The van der Waals surface area contributed by atoms with Crippen LogP contribution >= 0.6 is 11.8 Å². The van der Waals surface area contributed by atoms with Crippen LogP contribution in [0.5, 0.6) is 0 Å². The highest BCUT2D eigenvalue weighted by atomic mass is 32.2. The van der Waals surface area contributed by atoms with Crippen molar-refractivity contribution in [3.05, 3.63) is 0 Å². The number of rotatable bonds is 4. The summed E-state index contributed by atoms with van der Waals surface area (Å²) in [4.78, 5) is 0. The van der Waals surface area contributed by atoms with Crippen molar-refractivity contribution in [2.75, 3.05) is 25.5 Å². The standard InChI is InChI=1S/C11H18F3NO2S/c12-11(13,14)18-8-5-15-9-1-3-10(4-2-9)16-6-7-17-10/h9,15H,1-8H2. The lowest BCUT2D eigenvalue weighted by atomic mass is 9.90. The van der Waals surface area contributed by atoms with Crippen molar-refractivity contribution in [1.29, 1.82) is 0 Å². The van der Waals surface area contributed by atoms with Crippen molar-refractivity contribution in [2.24, 2.45) is 0 Å². The highest BCUT2D eigenvalue weighted by molar-refractivity contribution is 8.00. The maximum Gasteiger partial charge on any atom is 0.441 e. The molecule has 0 atom stereocenters. The molecule has 0 aromatic carbocycles. The predicted octanol–water partition coefficient (Wildman–Crippen LogP) is 2.51. The molecule has 0 aromatic rings. The summed E-state index contributed by atoms with van der Waals surface area (Å²) in [7, 11) is 0. The van der Waals surface area contributed by atoms with Gasteiger partial charge in [-0.15, -0.1) is 0 Å². The van der Waals surface area contributed by atoms with E-state index in [1.54, 1.807) is 0 Å². The molecule has 1 heterocycles. The fraction of sp³-hybridized carbons (Fsp3) is 1.00. The van der Waals surface area contributed by atoms with Crippen LogP contribution in [0.15, 0.2) is 0 Å². The summed E-state index contributed by atoms with van der Waals surface area (Å²) >= 11 is 0.0291. The van der Waals surface area contributed by atoms with Gasteiger partial charge in [0.05, 0.1) is 13.2 Å². The first-order valence-corrected chi connectivity index (χ1v) is 7.20. The Morgan fingerprint density at radius 3 is 2.33 bits per heavy atom. The number of hydrogen-bond acceptors (Lipinski definition) is 4. The highest BCUT2D eigenvalue weighted by Gasteiger charge is 2.40. The zero-order valence-corrected chi connectivity index (χ0v) is 10.9. The Kier molecular flexibility index (Phi) is 4.80. The molecule has 1 N–H and O–H groups in total. The Morgan fingerprint density at radius 1 is 1.17 bits per heavy atom. The molecule has 18 heavy (non-hydrogen) atoms. The number of hydrogen-bond donors (Lipinski definition) is 1. The van der Waals surface area contributed by atoms with Crippen LogP contribution < -0.4 is 5.32 Å². The summed E-state index contributed by atoms with van der Waals surface area (Å²) in [6, 6.07) is 0.289. The molecule has 0 aromatic heterocycles. The first kappa shape index (κ1) is 14.4. The third kappa shape index (κ3) is 4.29. The Balaban J connectivity index is 1.59. The van der Waals surface area contributed by atoms with Crippen LogP contribution in [0.3, 0.4) is 0 Å². The van der Waals surface area contributed by atoms with Crippen LogP contribution in [0.1, 0.15) is 25.7 Å². The van der Waals surface area contributed by atoms with Crippen molar-refractivity contribution >= 4 is 11.8 Å². The molecule has 106 valence electrons. The van der Waals surface area contributed by atoms with Crippen molar-refractivity contribution in [3.63, 3.8) is 0 Å². The van der Waals surface area contributed by atoms with E-state index in [4.69, 9.17) is 9.47 Å². The maximum atomic E-state index is 11.9. The van der Waals surface area contributed by atoms with E-state index >= 15 is 0 Å². The van der Waals surface area contributed by atoms with E-state index in [1.807, 2.05) is 0 Å². The van der Waals surface area contributed by atoms with Gasteiger partial charge in [-0.1, -0.05) is 0 Å². The molecule has 1 aliphatic heterocycles. The Morgan fingerprint density at radius 2 is 1.78 bits per heavy atom. The van der Waals surface area contributed by atoms with Gasteiger partial charge in [-0.05, 0) is 24.6 Å². The lowest BCUT2D eigenvalue weighted by molar-refractivity contribution is -0.179. The molecule has 0 unspecified atom stereocenters. The van der Waals surface area contributed by atoms with E-state index in [-0.39, 0.29) is 29.3 Å². The second-order valence-corrected chi connectivity index (χ2v) is 5.79. The summed E-state index contributed by atoms with van der Waals surface area (Å²) in [5, 5.41) is 3.17. The number of thioether (sulfide) groups is 1. The lowest BCUT2D eigenvalue weighted by Gasteiger charge is -2.35. The molecule has 1 saturated carbocycles. The quantitative estimate of drug-likeness (QED) is 0.804. The molecule has 1 saturated heterocycles. The molecule has 2 fully saturated rings. The monoisotopic (exact) mass is 285 g/mol. The molecule has 0 amide bonds. The minimum absolute atomic E-state index is 0.0291. The van der Waals surface area contributed by atoms with Gasteiger partial charge in [0.1, 0.15) is 0 Å². The molecule has 7 heteroatoms. The summed E-state index contributed by atoms with van der Waals surface area (Å²) in [6.07, 6.45) is 3.46. The average Bonchev–Trinajstić information content (AvgIpc) is 2.75. The predicted molar refractivity (Wildman–Crippen MR) is 63.4 cm³/mol. The zero-order valence-electron chi connectivity index (χ0n) is 10.1. The third-order valence-electron chi connectivity index (χ3n) is 3.36. The molecular weight excluding hydrogens is 267 g/mol. The van der Waals surface area contributed by atoms with Gasteiger partial charge in [-0.3, -0.25) is 0 Å². The number of halogens is 3. The third-order valence-corrected chi connectivity index (χ3v) is 4.10. The minimum Gasteiger partial charge on any atom is -0.348 e. The summed E-state index contributed by atoms with van der Waals surface area (Å²) < 4.78 is 47.0. The number of alkyl halides is 3. The van der Waals surface area contributed by atoms with Crippen molar-refractivity contribution in [3.8, 4) is 0 Å². The van der Waals surface area contributed by atoms with Crippen molar-refractivity contribution < 1.29 is 22.6 Å². The summed E-state index contributed by atoms with van der Waals surface area (Å²) in [6.45, 7) is 1.70. The highest BCUT2D eigenvalue weighted by Crippen LogP contribution is 2.35. The lowest BCUT2D eigenvalue weighted by Crippen LogP contribution is -2.42. The molecule has 2 aliphatic rings. The maximum absolute atomic E-state index is 11.9. The minimum atomic E-state index is -4.12. The van der Waals surface area contributed by atoms with E-state index in [0.29, 0.717) is 19.8 Å².